The van der Waals surface area contributed by atoms with Gasteiger partial charge in [-0.15, -0.1) is 0 Å². The smallest absolute Gasteiger partial charge is 0.220 e. The lowest BCUT2D eigenvalue weighted by atomic mass is 10.1. The number of carbonyl (C=O) groups excluding carboxylic acids is 1. The summed E-state index contributed by atoms with van der Waals surface area (Å²) in [7, 11) is 0. The van der Waals surface area contributed by atoms with Crippen molar-refractivity contribution in [3.8, 4) is 0 Å². The van der Waals surface area contributed by atoms with Gasteiger partial charge in [0, 0.05) is 13.0 Å². The van der Waals surface area contributed by atoms with E-state index in [4.69, 9.17) is 5.73 Å². The average molecular weight is 182 g/mol. The highest BCUT2D eigenvalue weighted by Crippen LogP contribution is 2.19. The van der Waals surface area contributed by atoms with Crippen LogP contribution in [-0.2, 0) is 4.79 Å². The molecule has 1 unspecified atom stereocenters. The number of allylic oxidation sites excluding steroid dienone is 2. The van der Waals surface area contributed by atoms with Gasteiger partial charge in [0.25, 0.3) is 0 Å². The molecule has 1 atom stereocenters. The molecule has 0 saturated heterocycles. The Morgan fingerprint density at radius 1 is 1.62 bits per heavy atom. The van der Waals surface area contributed by atoms with E-state index in [9.17, 15) is 4.79 Å². The zero-order chi connectivity index (χ0) is 9.52. The Hall–Kier alpha value is -0.830. The van der Waals surface area contributed by atoms with Crippen LogP contribution >= 0.6 is 0 Å². The number of nitrogens with two attached hydrogens (primary N) is 1. The third kappa shape index (κ3) is 4.08. The monoisotopic (exact) mass is 182 g/mol. The first-order valence-electron chi connectivity index (χ1n) is 4.96. The van der Waals surface area contributed by atoms with Gasteiger partial charge in [0.1, 0.15) is 0 Å². The number of rotatable bonds is 5. The van der Waals surface area contributed by atoms with Gasteiger partial charge in [0.2, 0.25) is 5.91 Å². The minimum atomic E-state index is 0.157. The molecule has 0 aromatic heterocycles. The number of amides is 1. The number of nitrogens with one attached hydrogen (secondary N) is 1. The second-order valence-corrected chi connectivity index (χ2v) is 3.46. The second kappa shape index (κ2) is 5.75. The van der Waals surface area contributed by atoms with E-state index in [2.05, 4.69) is 17.5 Å². The van der Waals surface area contributed by atoms with Gasteiger partial charge in [-0.3, -0.25) is 4.79 Å². The normalized spacial score (nSPS) is 20.5. The van der Waals surface area contributed by atoms with E-state index in [1.807, 2.05) is 0 Å². The third-order valence-electron chi connectivity index (χ3n) is 2.26. The van der Waals surface area contributed by atoms with E-state index in [1.165, 1.54) is 0 Å². The van der Waals surface area contributed by atoms with Crippen molar-refractivity contribution in [3.63, 3.8) is 0 Å². The molecular weight excluding hydrogens is 164 g/mol. The lowest BCUT2D eigenvalue weighted by Gasteiger charge is -2.07. The first kappa shape index (κ1) is 10.3. The minimum absolute atomic E-state index is 0.157. The van der Waals surface area contributed by atoms with Gasteiger partial charge in [-0.25, -0.2) is 0 Å². The van der Waals surface area contributed by atoms with Crippen molar-refractivity contribution >= 4 is 5.91 Å². The van der Waals surface area contributed by atoms with Crippen LogP contribution in [0.2, 0.25) is 0 Å². The Kier molecular flexibility index (Phi) is 4.54. The van der Waals surface area contributed by atoms with E-state index in [-0.39, 0.29) is 5.91 Å². The number of hydrogen-bond acceptors (Lipinski definition) is 2. The zero-order valence-electron chi connectivity index (χ0n) is 7.96. The Bertz CT molecular complexity index is 189. The molecule has 0 fully saturated rings. The van der Waals surface area contributed by atoms with E-state index in [0.29, 0.717) is 25.4 Å². The Morgan fingerprint density at radius 3 is 3.08 bits per heavy atom. The molecule has 74 valence electrons. The Balaban J connectivity index is 2.06. The maximum Gasteiger partial charge on any atom is 0.220 e. The lowest BCUT2D eigenvalue weighted by molar-refractivity contribution is -0.121. The van der Waals surface area contributed by atoms with Crippen LogP contribution < -0.4 is 11.1 Å². The summed E-state index contributed by atoms with van der Waals surface area (Å²) < 4.78 is 0. The van der Waals surface area contributed by atoms with Crippen molar-refractivity contribution in [3.05, 3.63) is 12.2 Å². The summed E-state index contributed by atoms with van der Waals surface area (Å²) in [6, 6.07) is 0. The summed E-state index contributed by atoms with van der Waals surface area (Å²) in [5.41, 5.74) is 5.32. The number of carbonyl (C=O) groups is 1. The summed E-state index contributed by atoms with van der Waals surface area (Å²) in [5, 5.41) is 2.86. The first-order valence-corrected chi connectivity index (χ1v) is 4.96. The van der Waals surface area contributed by atoms with Crippen molar-refractivity contribution in [1.82, 2.24) is 5.32 Å². The van der Waals surface area contributed by atoms with Gasteiger partial charge in [0.05, 0.1) is 0 Å². The van der Waals surface area contributed by atoms with Crippen molar-refractivity contribution in [2.45, 2.75) is 25.7 Å². The number of hydrogen-bond donors (Lipinski definition) is 2. The molecular formula is C10H18N2O. The molecule has 3 nitrogen and oxygen atoms in total. The predicted molar refractivity (Wildman–Crippen MR) is 53.2 cm³/mol. The van der Waals surface area contributed by atoms with Gasteiger partial charge >= 0.3 is 0 Å². The van der Waals surface area contributed by atoms with Crippen molar-refractivity contribution < 1.29 is 4.79 Å². The summed E-state index contributed by atoms with van der Waals surface area (Å²) in [5.74, 6) is 0.628. The highest BCUT2D eigenvalue weighted by Gasteiger charge is 2.12. The summed E-state index contributed by atoms with van der Waals surface area (Å²) in [4.78, 5) is 11.3. The standard InChI is InChI=1S/C10H18N2O/c11-6-3-7-12-10(13)8-9-4-1-2-5-9/h1,4,9H,2-3,5-8,11H2,(H,12,13). The molecule has 3 N–H and O–H groups in total. The van der Waals surface area contributed by atoms with Crippen LogP contribution in [0.3, 0.4) is 0 Å². The summed E-state index contributed by atoms with van der Waals surface area (Å²) in [6.45, 7) is 1.36. The molecule has 1 aliphatic carbocycles. The van der Waals surface area contributed by atoms with Crippen LogP contribution in [-0.4, -0.2) is 19.0 Å². The highest BCUT2D eigenvalue weighted by molar-refractivity contribution is 5.76. The third-order valence-corrected chi connectivity index (χ3v) is 2.26. The quantitative estimate of drug-likeness (QED) is 0.488. The van der Waals surface area contributed by atoms with Crippen LogP contribution in [0.5, 0.6) is 0 Å². The van der Waals surface area contributed by atoms with E-state index >= 15 is 0 Å². The molecule has 0 spiro atoms. The van der Waals surface area contributed by atoms with Crippen LogP contribution in [0, 0.1) is 5.92 Å². The molecule has 1 aliphatic rings. The Morgan fingerprint density at radius 2 is 2.46 bits per heavy atom. The van der Waals surface area contributed by atoms with Crippen molar-refractivity contribution in [2.75, 3.05) is 13.1 Å². The molecule has 0 bridgehead atoms. The minimum Gasteiger partial charge on any atom is -0.356 e. The molecule has 1 rings (SSSR count). The van der Waals surface area contributed by atoms with E-state index in [1.54, 1.807) is 0 Å². The molecule has 0 radical (unpaired) electrons. The fourth-order valence-electron chi connectivity index (χ4n) is 1.51. The van der Waals surface area contributed by atoms with Crippen LogP contribution in [0.15, 0.2) is 12.2 Å². The molecule has 1 amide bonds. The van der Waals surface area contributed by atoms with E-state index in [0.717, 1.165) is 19.3 Å². The topological polar surface area (TPSA) is 55.1 Å². The molecule has 0 aromatic carbocycles. The zero-order valence-corrected chi connectivity index (χ0v) is 7.96. The largest absolute Gasteiger partial charge is 0.356 e. The maximum atomic E-state index is 11.3. The van der Waals surface area contributed by atoms with Gasteiger partial charge in [0.15, 0.2) is 0 Å². The lowest BCUT2D eigenvalue weighted by Crippen LogP contribution is -2.27. The van der Waals surface area contributed by atoms with Gasteiger partial charge in [-0.2, -0.15) is 0 Å². The summed E-state index contributed by atoms with van der Waals surface area (Å²) in [6.07, 6.45) is 8.05. The fourth-order valence-corrected chi connectivity index (χ4v) is 1.51. The van der Waals surface area contributed by atoms with Crippen molar-refractivity contribution in [1.29, 1.82) is 0 Å². The highest BCUT2D eigenvalue weighted by atomic mass is 16.1. The van der Waals surface area contributed by atoms with Gasteiger partial charge < -0.3 is 11.1 Å². The molecule has 0 aliphatic heterocycles. The van der Waals surface area contributed by atoms with Gasteiger partial charge in [-0.1, -0.05) is 12.2 Å². The fraction of sp³-hybridized carbons (Fsp3) is 0.700. The Labute approximate surface area is 79.4 Å². The van der Waals surface area contributed by atoms with Crippen LogP contribution in [0.4, 0.5) is 0 Å². The van der Waals surface area contributed by atoms with Crippen molar-refractivity contribution in [2.24, 2.45) is 11.7 Å². The van der Waals surface area contributed by atoms with Crippen LogP contribution in [0.1, 0.15) is 25.7 Å². The molecule has 13 heavy (non-hydrogen) atoms. The summed E-state index contributed by atoms with van der Waals surface area (Å²) >= 11 is 0. The molecule has 0 heterocycles. The predicted octanol–water partition coefficient (Wildman–Crippen LogP) is 0.808. The molecule has 3 heteroatoms. The first-order chi connectivity index (χ1) is 6.33. The SMILES string of the molecule is NCCCNC(=O)CC1C=CCC1. The molecule has 0 aromatic rings. The van der Waals surface area contributed by atoms with E-state index < -0.39 is 0 Å². The van der Waals surface area contributed by atoms with Gasteiger partial charge in [-0.05, 0) is 31.7 Å². The second-order valence-electron chi connectivity index (χ2n) is 3.46. The van der Waals surface area contributed by atoms with Crippen LogP contribution in [0.25, 0.3) is 0 Å². The molecule has 0 saturated carbocycles. The maximum absolute atomic E-state index is 11.3. The average Bonchev–Trinajstić information content (AvgIpc) is 2.57.